The molecular weight excluding hydrogens is 268 g/mol. The zero-order valence-corrected chi connectivity index (χ0v) is 12.8. The predicted molar refractivity (Wildman–Crippen MR) is 86.2 cm³/mol. The van der Waals surface area contributed by atoms with Gasteiger partial charge < -0.3 is 10.3 Å². The Morgan fingerprint density at radius 3 is 3.00 bits per heavy atom. The first-order valence-electron chi connectivity index (χ1n) is 7.77. The van der Waals surface area contributed by atoms with Crippen LogP contribution in [0.1, 0.15) is 44.6 Å². The van der Waals surface area contributed by atoms with Gasteiger partial charge in [-0.3, -0.25) is 0 Å². The minimum atomic E-state index is 0.686. The molecule has 2 N–H and O–H groups in total. The topological polar surface area (TPSA) is 27.8 Å². The number of H-pyrrole nitrogens is 1. The lowest BCUT2D eigenvalue weighted by atomic mass is 9.83. The fourth-order valence-corrected chi connectivity index (χ4v) is 3.68. The van der Waals surface area contributed by atoms with Gasteiger partial charge in [0.1, 0.15) is 0 Å². The largest absolute Gasteiger partial charge is 0.361 e. The lowest BCUT2D eigenvalue weighted by molar-refractivity contribution is 0.254. The maximum absolute atomic E-state index is 6.03. The van der Waals surface area contributed by atoms with E-state index < -0.39 is 0 Å². The van der Waals surface area contributed by atoms with Crippen LogP contribution in [0.15, 0.2) is 24.4 Å². The molecule has 1 aliphatic carbocycles. The van der Waals surface area contributed by atoms with Crippen LogP contribution in [-0.2, 0) is 6.54 Å². The van der Waals surface area contributed by atoms with Crippen LogP contribution in [-0.4, -0.2) is 11.0 Å². The zero-order valence-electron chi connectivity index (χ0n) is 12.1. The summed E-state index contributed by atoms with van der Waals surface area (Å²) in [5.41, 5.74) is 2.47. The Morgan fingerprint density at radius 2 is 2.15 bits per heavy atom. The van der Waals surface area contributed by atoms with Crippen molar-refractivity contribution in [2.45, 2.75) is 51.6 Å². The van der Waals surface area contributed by atoms with Crippen molar-refractivity contribution in [2.24, 2.45) is 5.92 Å². The Bertz CT molecular complexity index is 575. The van der Waals surface area contributed by atoms with Crippen molar-refractivity contribution >= 4 is 22.5 Å². The summed E-state index contributed by atoms with van der Waals surface area (Å²) in [6.07, 6.45) is 8.89. The molecule has 1 aliphatic rings. The summed E-state index contributed by atoms with van der Waals surface area (Å²) in [5, 5.41) is 5.85. The molecule has 1 aromatic carbocycles. The molecule has 3 rings (SSSR count). The minimum absolute atomic E-state index is 0.686. The second-order valence-electron chi connectivity index (χ2n) is 5.94. The fourth-order valence-electron chi connectivity index (χ4n) is 3.51. The molecule has 2 nitrogen and oxygen atoms in total. The van der Waals surface area contributed by atoms with Gasteiger partial charge in [0.2, 0.25) is 0 Å². The van der Waals surface area contributed by atoms with Crippen LogP contribution in [0.25, 0.3) is 10.9 Å². The SMILES string of the molecule is CCC1CCCCC1NCc1c[nH]c2cc(Cl)ccc12. The summed E-state index contributed by atoms with van der Waals surface area (Å²) in [5.74, 6) is 0.850. The molecule has 0 bridgehead atoms. The highest BCUT2D eigenvalue weighted by atomic mass is 35.5. The molecule has 1 heterocycles. The van der Waals surface area contributed by atoms with Crippen molar-refractivity contribution < 1.29 is 0 Å². The third-order valence-corrected chi connectivity index (χ3v) is 4.95. The van der Waals surface area contributed by atoms with Crippen LogP contribution in [0, 0.1) is 5.92 Å². The number of hydrogen-bond acceptors (Lipinski definition) is 1. The second-order valence-corrected chi connectivity index (χ2v) is 6.38. The molecule has 1 fully saturated rings. The number of hydrogen-bond donors (Lipinski definition) is 2. The van der Waals surface area contributed by atoms with E-state index in [0.29, 0.717) is 6.04 Å². The third kappa shape index (κ3) is 2.87. The van der Waals surface area contributed by atoms with E-state index in [2.05, 4.69) is 29.5 Å². The van der Waals surface area contributed by atoms with Gasteiger partial charge in [-0.15, -0.1) is 0 Å². The molecule has 20 heavy (non-hydrogen) atoms. The molecule has 0 spiro atoms. The van der Waals surface area contributed by atoms with Gasteiger partial charge in [-0.2, -0.15) is 0 Å². The molecule has 0 saturated heterocycles. The molecule has 0 radical (unpaired) electrons. The van der Waals surface area contributed by atoms with E-state index in [1.54, 1.807) is 0 Å². The summed E-state index contributed by atoms with van der Waals surface area (Å²) in [6.45, 7) is 3.27. The summed E-state index contributed by atoms with van der Waals surface area (Å²) in [4.78, 5) is 3.32. The predicted octanol–water partition coefficient (Wildman–Crippen LogP) is 4.88. The maximum atomic E-state index is 6.03. The molecule has 0 amide bonds. The van der Waals surface area contributed by atoms with Gasteiger partial charge in [-0.25, -0.2) is 0 Å². The average Bonchev–Trinajstić information content (AvgIpc) is 2.87. The van der Waals surface area contributed by atoms with Crippen LogP contribution in [0.4, 0.5) is 0 Å². The highest BCUT2D eigenvalue weighted by Gasteiger charge is 2.23. The van der Waals surface area contributed by atoms with Crippen LogP contribution >= 0.6 is 11.6 Å². The van der Waals surface area contributed by atoms with Crippen molar-refractivity contribution in [1.29, 1.82) is 0 Å². The zero-order chi connectivity index (χ0) is 13.9. The molecule has 2 aromatic rings. The fraction of sp³-hybridized carbons (Fsp3) is 0.529. The van der Waals surface area contributed by atoms with E-state index in [1.165, 1.54) is 43.1 Å². The normalized spacial score (nSPS) is 23.3. The van der Waals surface area contributed by atoms with Crippen LogP contribution in [0.3, 0.4) is 0 Å². The van der Waals surface area contributed by atoms with E-state index in [4.69, 9.17) is 11.6 Å². The lowest BCUT2D eigenvalue weighted by Crippen LogP contribution is -2.37. The quantitative estimate of drug-likeness (QED) is 0.825. The molecule has 2 unspecified atom stereocenters. The van der Waals surface area contributed by atoms with Gasteiger partial charge in [0, 0.05) is 34.7 Å². The van der Waals surface area contributed by atoms with Crippen LogP contribution in [0.5, 0.6) is 0 Å². The Balaban J connectivity index is 1.70. The van der Waals surface area contributed by atoms with E-state index in [9.17, 15) is 0 Å². The number of fused-ring (bicyclic) bond motifs is 1. The number of aromatic nitrogens is 1. The van der Waals surface area contributed by atoms with Crippen LogP contribution < -0.4 is 5.32 Å². The Morgan fingerprint density at radius 1 is 1.30 bits per heavy atom. The average molecular weight is 291 g/mol. The van der Waals surface area contributed by atoms with E-state index in [1.807, 2.05) is 12.1 Å². The highest BCUT2D eigenvalue weighted by Crippen LogP contribution is 2.28. The summed E-state index contributed by atoms with van der Waals surface area (Å²) >= 11 is 6.03. The van der Waals surface area contributed by atoms with E-state index in [0.717, 1.165) is 23.0 Å². The van der Waals surface area contributed by atoms with Gasteiger partial charge in [-0.05, 0) is 36.5 Å². The Labute approximate surface area is 125 Å². The number of aromatic amines is 1. The summed E-state index contributed by atoms with van der Waals surface area (Å²) in [6, 6.07) is 6.77. The number of halogens is 1. The van der Waals surface area contributed by atoms with Crippen molar-refractivity contribution in [3.05, 3.63) is 35.0 Å². The molecular formula is C17H23ClN2. The Hall–Kier alpha value is -0.990. The lowest BCUT2D eigenvalue weighted by Gasteiger charge is -2.31. The van der Waals surface area contributed by atoms with Gasteiger partial charge >= 0.3 is 0 Å². The second kappa shape index (κ2) is 6.19. The smallest absolute Gasteiger partial charge is 0.0472 e. The first kappa shape index (κ1) is 14.0. The van der Waals surface area contributed by atoms with E-state index in [-0.39, 0.29) is 0 Å². The number of benzene rings is 1. The monoisotopic (exact) mass is 290 g/mol. The summed E-state index contributed by atoms with van der Waals surface area (Å²) < 4.78 is 0. The molecule has 0 aliphatic heterocycles. The summed E-state index contributed by atoms with van der Waals surface area (Å²) in [7, 11) is 0. The van der Waals surface area contributed by atoms with E-state index >= 15 is 0 Å². The van der Waals surface area contributed by atoms with Gasteiger partial charge in [-0.1, -0.05) is 43.9 Å². The highest BCUT2D eigenvalue weighted by molar-refractivity contribution is 6.31. The standard InChI is InChI=1S/C17H23ClN2/c1-2-12-5-3-4-6-16(12)19-10-13-11-20-17-9-14(18)7-8-15(13)17/h7-9,11-12,16,19-20H,2-6,10H2,1H3. The maximum Gasteiger partial charge on any atom is 0.0472 e. The molecule has 1 aromatic heterocycles. The van der Waals surface area contributed by atoms with Crippen molar-refractivity contribution in [3.63, 3.8) is 0 Å². The molecule has 1 saturated carbocycles. The van der Waals surface area contributed by atoms with Gasteiger partial charge in [0.05, 0.1) is 0 Å². The number of nitrogens with one attached hydrogen (secondary N) is 2. The Kier molecular flexibility index (Phi) is 4.32. The van der Waals surface area contributed by atoms with Gasteiger partial charge in [0.25, 0.3) is 0 Å². The minimum Gasteiger partial charge on any atom is -0.361 e. The molecule has 2 atom stereocenters. The van der Waals surface area contributed by atoms with Crippen molar-refractivity contribution in [1.82, 2.24) is 10.3 Å². The van der Waals surface area contributed by atoms with Crippen molar-refractivity contribution in [3.8, 4) is 0 Å². The third-order valence-electron chi connectivity index (χ3n) is 4.72. The first-order chi connectivity index (χ1) is 9.78. The van der Waals surface area contributed by atoms with Crippen molar-refractivity contribution in [2.75, 3.05) is 0 Å². The number of rotatable bonds is 4. The van der Waals surface area contributed by atoms with Crippen LogP contribution in [0.2, 0.25) is 5.02 Å². The first-order valence-corrected chi connectivity index (χ1v) is 8.14. The molecule has 3 heteroatoms. The van der Waals surface area contributed by atoms with Gasteiger partial charge in [0.15, 0.2) is 0 Å². The molecule has 108 valence electrons.